The van der Waals surface area contributed by atoms with Crippen molar-refractivity contribution >= 4 is 27.8 Å². The molecule has 0 fully saturated rings. The summed E-state index contributed by atoms with van der Waals surface area (Å²) in [5.41, 5.74) is 5.52. The highest BCUT2D eigenvalue weighted by atomic mass is 16.1. The molecule has 5 aromatic rings. The molecule has 0 unspecified atom stereocenters. The Labute approximate surface area is 160 Å². The first-order valence-corrected chi connectivity index (χ1v) is 9.00. The molecule has 0 saturated heterocycles. The molecule has 136 valence electrons. The van der Waals surface area contributed by atoms with Crippen molar-refractivity contribution in [3.8, 4) is 5.69 Å². The van der Waals surface area contributed by atoms with E-state index in [0.717, 1.165) is 33.2 Å². The topological polar surface area (TPSA) is 75.6 Å². The van der Waals surface area contributed by atoms with Crippen molar-refractivity contribution in [3.05, 3.63) is 90.6 Å². The Morgan fingerprint density at radius 3 is 2.79 bits per heavy atom. The van der Waals surface area contributed by atoms with Crippen LogP contribution in [0.25, 0.3) is 27.6 Å². The fraction of sp³-hybridized carbons (Fsp3) is 0.0455. The summed E-state index contributed by atoms with van der Waals surface area (Å²) in [5, 5.41) is 3.87. The summed E-state index contributed by atoms with van der Waals surface area (Å²) in [6.07, 6.45) is 5.26. The molecule has 3 aromatic heterocycles. The number of benzene rings is 2. The highest BCUT2D eigenvalue weighted by Crippen LogP contribution is 2.18. The van der Waals surface area contributed by atoms with Crippen LogP contribution in [0.4, 0.5) is 0 Å². The van der Waals surface area contributed by atoms with Gasteiger partial charge in [0.25, 0.3) is 5.91 Å². The lowest BCUT2D eigenvalue weighted by Gasteiger charge is -2.07. The number of H-pyrrole nitrogens is 1. The highest BCUT2D eigenvalue weighted by molar-refractivity contribution is 5.97. The Kier molecular flexibility index (Phi) is 3.87. The molecular weight excluding hydrogens is 350 g/mol. The molecule has 0 atom stereocenters. The van der Waals surface area contributed by atoms with Crippen LogP contribution in [0.5, 0.6) is 0 Å². The summed E-state index contributed by atoms with van der Waals surface area (Å²) >= 11 is 0. The maximum Gasteiger partial charge on any atom is 0.267 e. The standard InChI is InChI=1S/C22H17N5O/c28-22(20-11-16-13-23-10-9-18(16)26-20)24-12-15-5-7-17(8-6-15)27-14-25-19-3-1-2-4-21(19)27/h1-11,13-14,26H,12H2,(H,24,28). The molecule has 0 spiro atoms. The smallest absolute Gasteiger partial charge is 0.267 e. The van der Waals surface area contributed by atoms with Crippen molar-refractivity contribution in [3.63, 3.8) is 0 Å². The van der Waals surface area contributed by atoms with E-state index in [0.29, 0.717) is 12.2 Å². The zero-order chi connectivity index (χ0) is 18.9. The van der Waals surface area contributed by atoms with Gasteiger partial charge in [0.05, 0.1) is 11.0 Å². The van der Waals surface area contributed by atoms with E-state index in [1.54, 1.807) is 12.4 Å². The highest BCUT2D eigenvalue weighted by Gasteiger charge is 2.09. The number of nitrogens with zero attached hydrogens (tertiary/aromatic N) is 3. The van der Waals surface area contributed by atoms with Gasteiger partial charge in [0.15, 0.2) is 0 Å². The lowest BCUT2D eigenvalue weighted by molar-refractivity contribution is 0.0947. The van der Waals surface area contributed by atoms with Crippen LogP contribution in [-0.4, -0.2) is 25.4 Å². The van der Waals surface area contributed by atoms with Gasteiger partial charge in [-0.2, -0.15) is 0 Å². The first kappa shape index (κ1) is 16.3. The number of rotatable bonds is 4. The van der Waals surface area contributed by atoms with Gasteiger partial charge in [0.2, 0.25) is 0 Å². The van der Waals surface area contributed by atoms with E-state index in [4.69, 9.17) is 0 Å². The Hall–Kier alpha value is -3.93. The van der Waals surface area contributed by atoms with Gasteiger partial charge in [-0.3, -0.25) is 14.3 Å². The van der Waals surface area contributed by atoms with E-state index < -0.39 is 0 Å². The normalized spacial score (nSPS) is 11.1. The van der Waals surface area contributed by atoms with Gasteiger partial charge in [0.1, 0.15) is 12.0 Å². The van der Waals surface area contributed by atoms with Gasteiger partial charge in [-0.1, -0.05) is 24.3 Å². The molecule has 0 saturated carbocycles. The van der Waals surface area contributed by atoms with Crippen molar-refractivity contribution in [2.45, 2.75) is 6.54 Å². The number of imidazole rings is 1. The predicted octanol–water partition coefficient (Wildman–Crippen LogP) is 3.83. The van der Waals surface area contributed by atoms with E-state index >= 15 is 0 Å². The van der Waals surface area contributed by atoms with Crippen LogP contribution in [0, 0.1) is 0 Å². The van der Waals surface area contributed by atoms with Crippen LogP contribution in [-0.2, 0) is 6.54 Å². The van der Waals surface area contributed by atoms with Crippen LogP contribution < -0.4 is 5.32 Å². The molecule has 28 heavy (non-hydrogen) atoms. The lowest BCUT2D eigenvalue weighted by atomic mass is 10.2. The quantitative estimate of drug-likeness (QED) is 0.507. The number of hydrogen-bond acceptors (Lipinski definition) is 3. The summed E-state index contributed by atoms with van der Waals surface area (Å²) < 4.78 is 2.05. The van der Waals surface area contributed by atoms with Gasteiger partial charge in [-0.25, -0.2) is 4.98 Å². The Morgan fingerprint density at radius 2 is 1.93 bits per heavy atom. The van der Waals surface area contributed by atoms with Gasteiger partial charge < -0.3 is 10.3 Å². The monoisotopic (exact) mass is 367 g/mol. The number of fused-ring (bicyclic) bond motifs is 2. The molecule has 3 heterocycles. The first-order chi connectivity index (χ1) is 13.8. The number of hydrogen-bond donors (Lipinski definition) is 2. The van der Waals surface area contributed by atoms with Crippen molar-refractivity contribution in [2.24, 2.45) is 0 Å². The van der Waals surface area contributed by atoms with Gasteiger partial charge in [0, 0.05) is 35.5 Å². The van der Waals surface area contributed by atoms with Crippen LogP contribution in [0.3, 0.4) is 0 Å². The van der Waals surface area contributed by atoms with Crippen molar-refractivity contribution in [1.29, 1.82) is 0 Å². The van der Waals surface area contributed by atoms with E-state index in [1.165, 1.54) is 0 Å². The largest absolute Gasteiger partial charge is 0.350 e. The van der Waals surface area contributed by atoms with Crippen molar-refractivity contribution in [1.82, 2.24) is 24.8 Å². The molecule has 0 aliphatic carbocycles. The Bertz CT molecular complexity index is 1250. The summed E-state index contributed by atoms with van der Waals surface area (Å²) in [4.78, 5) is 24.0. The number of amides is 1. The van der Waals surface area contributed by atoms with Gasteiger partial charge in [-0.05, 0) is 42.0 Å². The maximum atomic E-state index is 12.4. The minimum Gasteiger partial charge on any atom is -0.350 e. The molecule has 5 rings (SSSR count). The number of carbonyl (C=O) groups excluding carboxylic acids is 1. The molecule has 0 aliphatic heterocycles. The van der Waals surface area contributed by atoms with E-state index in [9.17, 15) is 4.79 Å². The Balaban J connectivity index is 1.30. The molecule has 0 bridgehead atoms. The number of para-hydroxylation sites is 2. The number of aromatic amines is 1. The molecular formula is C22H17N5O. The predicted molar refractivity (Wildman–Crippen MR) is 108 cm³/mol. The van der Waals surface area contributed by atoms with Crippen LogP contribution in [0.1, 0.15) is 16.1 Å². The zero-order valence-corrected chi connectivity index (χ0v) is 15.0. The second kappa shape index (κ2) is 6.66. The SMILES string of the molecule is O=C(NCc1ccc(-n2cnc3ccccc32)cc1)c1cc2cnccc2[nH]1. The maximum absolute atomic E-state index is 12.4. The van der Waals surface area contributed by atoms with Crippen LogP contribution in [0.2, 0.25) is 0 Å². The second-order valence-corrected chi connectivity index (χ2v) is 6.60. The van der Waals surface area contributed by atoms with E-state index in [1.807, 2.05) is 67.0 Å². The minimum absolute atomic E-state index is 0.138. The summed E-state index contributed by atoms with van der Waals surface area (Å²) in [6.45, 7) is 0.456. The zero-order valence-electron chi connectivity index (χ0n) is 15.0. The Morgan fingerprint density at radius 1 is 1.07 bits per heavy atom. The van der Waals surface area contributed by atoms with E-state index in [2.05, 4.69) is 24.8 Å². The minimum atomic E-state index is -0.138. The summed E-state index contributed by atoms with van der Waals surface area (Å²) in [5.74, 6) is -0.138. The lowest BCUT2D eigenvalue weighted by Crippen LogP contribution is -2.23. The number of pyridine rings is 1. The van der Waals surface area contributed by atoms with Crippen molar-refractivity contribution < 1.29 is 4.79 Å². The molecule has 0 radical (unpaired) electrons. The average Bonchev–Trinajstić information content (AvgIpc) is 3.37. The van der Waals surface area contributed by atoms with Crippen LogP contribution >= 0.6 is 0 Å². The average molecular weight is 367 g/mol. The molecule has 2 aromatic carbocycles. The van der Waals surface area contributed by atoms with Crippen LogP contribution in [0.15, 0.2) is 79.4 Å². The molecule has 6 heteroatoms. The fourth-order valence-corrected chi connectivity index (χ4v) is 3.31. The molecule has 6 nitrogen and oxygen atoms in total. The molecule has 2 N–H and O–H groups in total. The second-order valence-electron chi connectivity index (χ2n) is 6.60. The number of nitrogens with one attached hydrogen (secondary N) is 2. The third kappa shape index (κ3) is 2.91. The van der Waals surface area contributed by atoms with Crippen molar-refractivity contribution in [2.75, 3.05) is 0 Å². The third-order valence-corrected chi connectivity index (χ3v) is 4.79. The molecule has 1 amide bonds. The summed E-state index contributed by atoms with van der Waals surface area (Å²) in [7, 11) is 0. The number of aromatic nitrogens is 4. The number of carbonyl (C=O) groups is 1. The van der Waals surface area contributed by atoms with Gasteiger partial charge in [-0.15, -0.1) is 0 Å². The van der Waals surface area contributed by atoms with E-state index in [-0.39, 0.29) is 5.91 Å². The third-order valence-electron chi connectivity index (χ3n) is 4.79. The first-order valence-electron chi connectivity index (χ1n) is 9.00. The summed E-state index contributed by atoms with van der Waals surface area (Å²) in [6, 6.07) is 19.8. The fourth-order valence-electron chi connectivity index (χ4n) is 3.31. The van der Waals surface area contributed by atoms with Gasteiger partial charge >= 0.3 is 0 Å². The molecule has 0 aliphatic rings.